The first kappa shape index (κ1) is 24.8. The Morgan fingerprint density at radius 2 is 1.03 bits per heavy atom. The monoisotopic (exact) mass is 470 g/mol. The molecule has 0 radical (unpaired) electrons. The second-order valence-electron chi connectivity index (χ2n) is 8.72. The van der Waals surface area contributed by atoms with Crippen LogP contribution in [0.2, 0.25) is 0 Å². The number of ether oxygens (including phenoxy) is 2. The molecule has 34 heavy (non-hydrogen) atoms. The zero-order valence-electron chi connectivity index (χ0n) is 20.1. The number of urea groups is 2. The number of hydrogen-bond donors (Lipinski definition) is 4. The number of carbonyl (C=O) groups is 4. The van der Waals surface area contributed by atoms with E-state index in [-0.39, 0.29) is 12.2 Å². The number of hydrogen-bond acceptors (Lipinski definition) is 6. The number of benzene rings is 1. The highest BCUT2D eigenvalue weighted by molar-refractivity contribution is 5.96. The second-order valence-corrected chi connectivity index (χ2v) is 8.72. The molecule has 0 unspecified atom stereocenters. The molecule has 0 aliphatic carbocycles. The van der Waals surface area contributed by atoms with E-state index in [2.05, 4.69) is 21.3 Å². The van der Waals surface area contributed by atoms with Gasteiger partial charge in [0.2, 0.25) is 0 Å². The average Bonchev–Trinajstić information content (AvgIpc) is 2.71. The molecule has 0 spiro atoms. The Bertz CT molecular complexity index is 986. The van der Waals surface area contributed by atoms with E-state index in [4.69, 9.17) is 9.47 Å². The Labute approximate surface area is 198 Å². The van der Waals surface area contributed by atoms with Gasteiger partial charge in [-0.3, -0.25) is 0 Å². The zero-order valence-corrected chi connectivity index (χ0v) is 20.1. The Hall–Kier alpha value is -3.82. The van der Waals surface area contributed by atoms with Crippen LogP contribution in [-0.4, -0.2) is 36.2 Å². The van der Waals surface area contributed by atoms with E-state index < -0.39 is 36.1 Å². The maximum Gasteiger partial charge on any atom is 0.338 e. The topological polar surface area (TPSA) is 135 Å². The molecule has 2 heterocycles. The van der Waals surface area contributed by atoms with E-state index in [1.54, 1.807) is 65.8 Å². The second kappa shape index (κ2) is 9.98. The standard InChI is InChI=1S/C24H30N4O6/c1-11(2)33-21(29)17-13(5)25-23(31)27-19(17)15-7-9-16(10-8-15)20-18(22(30)34-12(3)4)14(6)26-24(32)28-20/h7-12,19-20H,1-6H3,(H2,25,27,31)(H2,26,28,32)/t19-,20+. The van der Waals surface area contributed by atoms with Crippen molar-refractivity contribution in [1.29, 1.82) is 0 Å². The van der Waals surface area contributed by atoms with Crippen molar-refractivity contribution in [1.82, 2.24) is 21.3 Å². The highest BCUT2D eigenvalue weighted by atomic mass is 16.5. The van der Waals surface area contributed by atoms with Gasteiger partial charge in [0.15, 0.2) is 0 Å². The summed E-state index contributed by atoms with van der Waals surface area (Å²) in [6.07, 6.45) is -0.646. The summed E-state index contributed by atoms with van der Waals surface area (Å²) in [5.41, 5.74) is 2.70. The highest BCUT2D eigenvalue weighted by Gasteiger charge is 2.35. The third-order valence-corrected chi connectivity index (χ3v) is 5.27. The van der Waals surface area contributed by atoms with Crippen molar-refractivity contribution in [3.05, 3.63) is 57.9 Å². The van der Waals surface area contributed by atoms with Gasteiger partial charge in [-0.25, -0.2) is 19.2 Å². The summed E-state index contributed by atoms with van der Waals surface area (Å²) in [6, 6.07) is 4.62. The van der Waals surface area contributed by atoms with E-state index >= 15 is 0 Å². The molecular formula is C24H30N4O6. The van der Waals surface area contributed by atoms with Crippen LogP contribution >= 0.6 is 0 Å². The van der Waals surface area contributed by atoms with Crippen LogP contribution in [0.1, 0.15) is 64.8 Å². The number of carbonyl (C=O) groups excluding carboxylic acids is 4. The largest absolute Gasteiger partial charge is 0.459 e. The minimum atomic E-state index is -0.723. The van der Waals surface area contributed by atoms with Crippen molar-refractivity contribution in [3.63, 3.8) is 0 Å². The van der Waals surface area contributed by atoms with Gasteiger partial charge in [0, 0.05) is 11.4 Å². The molecule has 0 saturated carbocycles. The third kappa shape index (κ3) is 5.38. The molecule has 10 nitrogen and oxygen atoms in total. The lowest BCUT2D eigenvalue weighted by molar-refractivity contribution is -0.144. The van der Waals surface area contributed by atoms with Gasteiger partial charge in [0.25, 0.3) is 0 Å². The summed E-state index contributed by atoms with van der Waals surface area (Å²) in [5, 5.41) is 10.7. The molecule has 182 valence electrons. The molecule has 4 amide bonds. The van der Waals surface area contributed by atoms with Crippen molar-refractivity contribution in [2.45, 2.75) is 65.8 Å². The van der Waals surface area contributed by atoms with Crippen LogP contribution in [0.15, 0.2) is 46.8 Å². The summed E-state index contributed by atoms with van der Waals surface area (Å²) in [7, 11) is 0. The van der Waals surface area contributed by atoms with Gasteiger partial charge in [-0.15, -0.1) is 0 Å². The number of rotatable bonds is 6. The molecule has 0 aromatic heterocycles. The minimum Gasteiger partial charge on any atom is -0.459 e. The molecule has 0 bridgehead atoms. The van der Waals surface area contributed by atoms with E-state index in [1.165, 1.54) is 0 Å². The summed E-state index contributed by atoms with van der Waals surface area (Å²) in [5.74, 6) is -1.06. The van der Waals surface area contributed by atoms with Crippen LogP contribution in [0.4, 0.5) is 9.59 Å². The van der Waals surface area contributed by atoms with Crippen LogP contribution in [0.5, 0.6) is 0 Å². The minimum absolute atomic E-state index is 0.299. The van der Waals surface area contributed by atoms with Crippen LogP contribution in [-0.2, 0) is 19.1 Å². The van der Waals surface area contributed by atoms with E-state index in [9.17, 15) is 19.2 Å². The number of amides is 4. The number of allylic oxidation sites excluding steroid dienone is 2. The number of esters is 2. The van der Waals surface area contributed by atoms with E-state index in [1.807, 2.05) is 0 Å². The van der Waals surface area contributed by atoms with Crippen LogP contribution in [0, 0.1) is 0 Å². The Balaban J connectivity index is 1.95. The molecule has 2 aliphatic heterocycles. The fourth-order valence-corrected chi connectivity index (χ4v) is 3.86. The lowest BCUT2D eigenvalue weighted by atomic mass is 9.91. The SMILES string of the molecule is CC1=C(C(=O)OC(C)C)[C@H](c2ccc([C@H]3NC(=O)NC(C)=C3C(=O)OC(C)C)cc2)NC(=O)N1. The molecule has 1 aromatic carbocycles. The van der Waals surface area contributed by atoms with Gasteiger partial charge >= 0.3 is 24.0 Å². The molecule has 0 saturated heterocycles. The van der Waals surface area contributed by atoms with Gasteiger partial charge in [0.05, 0.1) is 35.4 Å². The van der Waals surface area contributed by atoms with Gasteiger partial charge < -0.3 is 30.7 Å². The summed E-state index contributed by atoms with van der Waals surface area (Å²) >= 11 is 0. The summed E-state index contributed by atoms with van der Waals surface area (Å²) in [6.45, 7) is 10.3. The Morgan fingerprint density at radius 3 is 1.32 bits per heavy atom. The lowest BCUT2D eigenvalue weighted by Crippen LogP contribution is -2.46. The Morgan fingerprint density at radius 1 is 0.706 bits per heavy atom. The van der Waals surface area contributed by atoms with Crippen molar-refractivity contribution < 1.29 is 28.7 Å². The fraction of sp³-hybridized carbons (Fsp3) is 0.417. The van der Waals surface area contributed by atoms with Gasteiger partial charge in [0.1, 0.15) is 0 Å². The number of nitrogens with one attached hydrogen (secondary N) is 4. The van der Waals surface area contributed by atoms with Crippen molar-refractivity contribution in [2.75, 3.05) is 0 Å². The van der Waals surface area contributed by atoms with Crippen molar-refractivity contribution >= 4 is 24.0 Å². The first-order valence-electron chi connectivity index (χ1n) is 11.1. The highest BCUT2D eigenvalue weighted by Crippen LogP contribution is 2.32. The van der Waals surface area contributed by atoms with Crippen LogP contribution < -0.4 is 21.3 Å². The van der Waals surface area contributed by atoms with E-state index in [0.29, 0.717) is 33.7 Å². The molecule has 4 N–H and O–H groups in total. The maximum atomic E-state index is 12.7. The molecule has 2 atom stereocenters. The van der Waals surface area contributed by atoms with Gasteiger partial charge in [-0.2, -0.15) is 0 Å². The lowest BCUT2D eigenvalue weighted by Gasteiger charge is -2.30. The average molecular weight is 471 g/mol. The molecule has 2 aliphatic rings. The summed E-state index contributed by atoms with van der Waals surface area (Å²) in [4.78, 5) is 49.7. The quantitative estimate of drug-likeness (QED) is 0.472. The van der Waals surface area contributed by atoms with Crippen LogP contribution in [0.3, 0.4) is 0 Å². The van der Waals surface area contributed by atoms with Crippen molar-refractivity contribution in [3.8, 4) is 0 Å². The first-order valence-corrected chi connectivity index (χ1v) is 11.1. The zero-order chi connectivity index (χ0) is 25.2. The van der Waals surface area contributed by atoms with Crippen molar-refractivity contribution in [2.24, 2.45) is 0 Å². The summed E-state index contributed by atoms with van der Waals surface area (Å²) < 4.78 is 10.7. The molecule has 0 fully saturated rings. The van der Waals surface area contributed by atoms with E-state index in [0.717, 1.165) is 0 Å². The predicted molar refractivity (Wildman–Crippen MR) is 123 cm³/mol. The predicted octanol–water partition coefficient (Wildman–Crippen LogP) is 2.85. The fourth-order valence-electron chi connectivity index (χ4n) is 3.86. The Kier molecular flexibility index (Phi) is 7.29. The van der Waals surface area contributed by atoms with Gasteiger partial charge in [-0.05, 0) is 52.7 Å². The third-order valence-electron chi connectivity index (χ3n) is 5.27. The molecule has 3 rings (SSSR count). The normalized spacial score (nSPS) is 20.5. The maximum absolute atomic E-state index is 12.7. The molecular weight excluding hydrogens is 440 g/mol. The molecule has 10 heteroatoms. The van der Waals surface area contributed by atoms with Gasteiger partial charge in [-0.1, -0.05) is 24.3 Å². The first-order chi connectivity index (χ1) is 16.0. The smallest absolute Gasteiger partial charge is 0.338 e. The van der Waals surface area contributed by atoms with Crippen LogP contribution in [0.25, 0.3) is 0 Å². The molecule has 1 aromatic rings.